The maximum Gasteiger partial charge on any atom is 0.125 e. The zero-order chi connectivity index (χ0) is 17.1. The molecule has 1 N–H and O–H groups in total. The van der Waals surface area contributed by atoms with Gasteiger partial charge in [-0.1, -0.05) is 54.6 Å². The van der Waals surface area contributed by atoms with E-state index in [4.69, 9.17) is 9.97 Å². The van der Waals surface area contributed by atoms with Gasteiger partial charge in [0.05, 0.1) is 22.4 Å². The van der Waals surface area contributed by atoms with Crippen molar-refractivity contribution in [2.24, 2.45) is 0 Å². The minimum Gasteiger partial charge on any atom is -0.507 e. The van der Waals surface area contributed by atoms with Gasteiger partial charge in [0.1, 0.15) is 5.75 Å². The zero-order valence-corrected chi connectivity index (χ0v) is 13.8. The Balaban J connectivity index is 1.80. The number of benzene rings is 3. The molecule has 1 aromatic heterocycles. The van der Waals surface area contributed by atoms with Crippen LogP contribution in [-0.2, 0) is 12.8 Å². The third-order valence-corrected chi connectivity index (χ3v) is 4.30. The molecule has 1 heterocycles. The van der Waals surface area contributed by atoms with Crippen LogP contribution in [0.1, 0.15) is 11.3 Å². The molecular formula is C22H18N2O. The molecular weight excluding hydrogens is 308 g/mol. The van der Waals surface area contributed by atoms with Gasteiger partial charge in [-0.15, -0.1) is 0 Å². The van der Waals surface area contributed by atoms with Crippen LogP contribution in [0.5, 0.6) is 5.75 Å². The summed E-state index contributed by atoms with van der Waals surface area (Å²) in [5.74, 6) is 0.230. The normalized spacial score (nSPS) is 10.9. The van der Waals surface area contributed by atoms with E-state index >= 15 is 0 Å². The number of phenolic OH excluding ortho intramolecular Hbond substituents is 1. The standard InChI is InChI=1S/C22H18N2O/c25-21-13-7-4-10-17(21)22-20(15-14-16-8-2-1-3-9-16)23-18-11-5-6-12-19(18)24-22/h1-13,25H,14-15H2. The molecule has 0 unspecified atom stereocenters. The number of rotatable bonds is 4. The molecule has 0 atom stereocenters. The van der Waals surface area contributed by atoms with Crippen LogP contribution in [0.4, 0.5) is 0 Å². The lowest BCUT2D eigenvalue weighted by molar-refractivity contribution is 0.477. The molecule has 0 spiro atoms. The third-order valence-electron chi connectivity index (χ3n) is 4.30. The van der Waals surface area contributed by atoms with Crippen molar-refractivity contribution in [3.63, 3.8) is 0 Å². The van der Waals surface area contributed by atoms with Crippen LogP contribution >= 0.6 is 0 Å². The third kappa shape index (κ3) is 3.22. The Morgan fingerprint density at radius 1 is 0.640 bits per heavy atom. The topological polar surface area (TPSA) is 46.0 Å². The highest BCUT2D eigenvalue weighted by molar-refractivity contribution is 5.79. The number of aromatic nitrogens is 2. The average molecular weight is 326 g/mol. The molecule has 0 radical (unpaired) electrons. The van der Waals surface area contributed by atoms with Gasteiger partial charge in [0.2, 0.25) is 0 Å². The summed E-state index contributed by atoms with van der Waals surface area (Å²) in [6.45, 7) is 0. The van der Waals surface area contributed by atoms with Crippen LogP contribution in [0.2, 0.25) is 0 Å². The first kappa shape index (κ1) is 15.3. The van der Waals surface area contributed by atoms with Gasteiger partial charge in [0.15, 0.2) is 0 Å². The summed E-state index contributed by atoms with van der Waals surface area (Å²) in [6.07, 6.45) is 1.65. The Morgan fingerprint density at radius 2 is 1.28 bits per heavy atom. The number of para-hydroxylation sites is 3. The molecule has 25 heavy (non-hydrogen) atoms. The molecule has 0 aliphatic rings. The molecule has 122 valence electrons. The van der Waals surface area contributed by atoms with Crippen molar-refractivity contribution in [1.29, 1.82) is 0 Å². The largest absolute Gasteiger partial charge is 0.507 e. The SMILES string of the molecule is Oc1ccccc1-c1nc2ccccc2nc1CCc1ccccc1. The van der Waals surface area contributed by atoms with Crippen molar-refractivity contribution < 1.29 is 5.11 Å². The Bertz CT molecular complexity index is 1010. The second-order valence-electron chi connectivity index (χ2n) is 6.01. The van der Waals surface area contributed by atoms with E-state index in [0.717, 1.165) is 40.8 Å². The predicted octanol–water partition coefficient (Wildman–Crippen LogP) is 4.79. The monoisotopic (exact) mass is 326 g/mol. The molecule has 0 aliphatic carbocycles. The maximum atomic E-state index is 10.3. The van der Waals surface area contributed by atoms with Gasteiger partial charge in [0.25, 0.3) is 0 Å². The van der Waals surface area contributed by atoms with Gasteiger partial charge >= 0.3 is 0 Å². The first-order valence-electron chi connectivity index (χ1n) is 8.39. The molecule has 3 heteroatoms. The van der Waals surface area contributed by atoms with E-state index in [1.54, 1.807) is 6.07 Å². The quantitative estimate of drug-likeness (QED) is 0.586. The lowest BCUT2D eigenvalue weighted by Crippen LogP contribution is -2.01. The molecule has 4 aromatic rings. The minimum absolute atomic E-state index is 0.230. The Kier molecular flexibility index (Phi) is 4.13. The lowest BCUT2D eigenvalue weighted by Gasteiger charge is -2.11. The van der Waals surface area contributed by atoms with E-state index in [9.17, 15) is 5.11 Å². The number of nitrogens with zero attached hydrogens (tertiary/aromatic N) is 2. The first-order valence-corrected chi connectivity index (χ1v) is 8.39. The molecule has 0 saturated heterocycles. The van der Waals surface area contributed by atoms with E-state index in [-0.39, 0.29) is 5.75 Å². The molecule has 0 amide bonds. The van der Waals surface area contributed by atoms with Gasteiger partial charge in [-0.2, -0.15) is 0 Å². The summed E-state index contributed by atoms with van der Waals surface area (Å²) in [7, 11) is 0. The maximum absolute atomic E-state index is 10.3. The number of aryl methyl sites for hydroxylation is 2. The van der Waals surface area contributed by atoms with Crippen molar-refractivity contribution in [2.45, 2.75) is 12.8 Å². The second-order valence-corrected chi connectivity index (χ2v) is 6.01. The number of phenols is 1. The van der Waals surface area contributed by atoms with E-state index in [0.29, 0.717) is 0 Å². The number of hydrogen-bond acceptors (Lipinski definition) is 3. The minimum atomic E-state index is 0.230. The van der Waals surface area contributed by atoms with Crippen LogP contribution < -0.4 is 0 Å². The molecule has 0 saturated carbocycles. The Hall–Kier alpha value is -3.20. The van der Waals surface area contributed by atoms with Crippen LogP contribution in [0, 0.1) is 0 Å². The summed E-state index contributed by atoms with van der Waals surface area (Å²) in [6, 6.07) is 25.5. The molecule has 0 fully saturated rings. The van der Waals surface area contributed by atoms with E-state index in [1.807, 2.05) is 60.7 Å². The van der Waals surface area contributed by atoms with E-state index in [2.05, 4.69) is 12.1 Å². The molecule has 3 aromatic carbocycles. The highest BCUT2D eigenvalue weighted by Crippen LogP contribution is 2.31. The first-order chi connectivity index (χ1) is 12.3. The van der Waals surface area contributed by atoms with Crippen molar-refractivity contribution in [1.82, 2.24) is 9.97 Å². The summed E-state index contributed by atoms with van der Waals surface area (Å²) < 4.78 is 0. The Morgan fingerprint density at radius 3 is 2.04 bits per heavy atom. The average Bonchev–Trinajstić information content (AvgIpc) is 2.67. The zero-order valence-electron chi connectivity index (χ0n) is 13.8. The van der Waals surface area contributed by atoms with Gasteiger partial charge in [-0.25, -0.2) is 9.97 Å². The second kappa shape index (κ2) is 6.73. The van der Waals surface area contributed by atoms with Gasteiger partial charge in [-0.05, 0) is 42.7 Å². The number of fused-ring (bicyclic) bond motifs is 1. The molecule has 0 aliphatic heterocycles. The lowest BCUT2D eigenvalue weighted by atomic mass is 10.0. The van der Waals surface area contributed by atoms with Gasteiger partial charge in [-0.3, -0.25) is 0 Å². The summed E-state index contributed by atoms with van der Waals surface area (Å²) in [5.41, 5.74) is 5.37. The predicted molar refractivity (Wildman–Crippen MR) is 100 cm³/mol. The van der Waals surface area contributed by atoms with E-state index < -0.39 is 0 Å². The Labute approximate surface area is 146 Å². The fraction of sp³-hybridized carbons (Fsp3) is 0.0909. The number of hydrogen-bond donors (Lipinski definition) is 1. The van der Waals surface area contributed by atoms with Crippen LogP contribution in [0.25, 0.3) is 22.3 Å². The number of aromatic hydroxyl groups is 1. The smallest absolute Gasteiger partial charge is 0.125 e. The molecule has 0 bridgehead atoms. The van der Waals surface area contributed by atoms with Crippen LogP contribution in [-0.4, -0.2) is 15.1 Å². The van der Waals surface area contributed by atoms with Gasteiger partial charge in [0, 0.05) is 5.56 Å². The fourth-order valence-electron chi connectivity index (χ4n) is 3.01. The van der Waals surface area contributed by atoms with Crippen molar-refractivity contribution in [2.75, 3.05) is 0 Å². The highest BCUT2D eigenvalue weighted by atomic mass is 16.3. The highest BCUT2D eigenvalue weighted by Gasteiger charge is 2.14. The van der Waals surface area contributed by atoms with Crippen molar-refractivity contribution >= 4 is 11.0 Å². The van der Waals surface area contributed by atoms with Gasteiger partial charge < -0.3 is 5.11 Å². The van der Waals surface area contributed by atoms with Crippen LogP contribution in [0.15, 0.2) is 78.9 Å². The summed E-state index contributed by atoms with van der Waals surface area (Å²) >= 11 is 0. The fourth-order valence-corrected chi connectivity index (χ4v) is 3.01. The summed E-state index contributed by atoms with van der Waals surface area (Å²) in [4.78, 5) is 9.63. The van der Waals surface area contributed by atoms with Crippen molar-refractivity contribution in [3.05, 3.63) is 90.1 Å². The van der Waals surface area contributed by atoms with Crippen molar-refractivity contribution in [3.8, 4) is 17.0 Å². The van der Waals surface area contributed by atoms with Crippen LogP contribution in [0.3, 0.4) is 0 Å². The summed E-state index contributed by atoms with van der Waals surface area (Å²) in [5, 5.41) is 10.3. The molecule has 3 nitrogen and oxygen atoms in total. The molecule has 4 rings (SSSR count). The van der Waals surface area contributed by atoms with E-state index in [1.165, 1.54) is 5.56 Å².